The van der Waals surface area contributed by atoms with Crippen molar-refractivity contribution >= 4 is 11.8 Å². The highest BCUT2D eigenvalue weighted by Crippen LogP contribution is 2.17. The van der Waals surface area contributed by atoms with E-state index in [1.54, 1.807) is 11.8 Å². The lowest BCUT2D eigenvalue weighted by molar-refractivity contribution is 0.0644. The largest absolute Gasteiger partial charge is 0.319 e. The lowest BCUT2D eigenvalue weighted by atomic mass is 10.2. The maximum atomic E-state index is 12.7. The maximum Gasteiger partial charge on any atom is 0.319 e. The second-order valence-corrected chi connectivity index (χ2v) is 5.43. The first kappa shape index (κ1) is 15.0. The smallest absolute Gasteiger partial charge is 0.295 e. The quantitative estimate of drug-likeness (QED) is 0.760. The van der Waals surface area contributed by atoms with E-state index in [0.29, 0.717) is 18.9 Å². The highest BCUT2D eigenvalue weighted by molar-refractivity contribution is 7.98. The van der Waals surface area contributed by atoms with Crippen molar-refractivity contribution in [2.45, 2.75) is 24.5 Å². The number of aromatic nitrogens is 2. The second-order valence-electron chi connectivity index (χ2n) is 4.55. The zero-order valence-electron chi connectivity index (χ0n) is 11.5. The summed E-state index contributed by atoms with van der Waals surface area (Å²) in [5.74, 6) is 0.378. The van der Waals surface area contributed by atoms with Gasteiger partial charge in [-0.15, -0.1) is 11.8 Å². The van der Waals surface area contributed by atoms with Crippen LogP contribution in [0.1, 0.15) is 17.9 Å². The first-order chi connectivity index (χ1) is 9.60. The molecular weight excluding hydrogens is 280 g/mol. The number of rotatable bonds is 6. The zero-order chi connectivity index (χ0) is 14.5. The second kappa shape index (κ2) is 6.85. The zero-order valence-corrected chi connectivity index (χ0v) is 12.3. The molecule has 0 atom stereocenters. The molecule has 2 rings (SSSR count). The Hall–Kier alpha value is -1.40. The molecule has 0 saturated heterocycles. The van der Waals surface area contributed by atoms with E-state index in [1.807, 2.05) is 18.2 Å². The van der Waals surface area contributed by atoms with E-state index in [0.717, 1.165) is 10.1 Å². The number of halogens is 2. The molecule has 6 heteroatoms. The van der Waals surface area contributed by atoms with E-state index in [2.05, 4.69) is 29.2 Å². The molecule has 0 saturated carbocycles. The molecule has 0 radical (unpaired) electrons. The average Bonchev–Trinajstić information content (AvgIpc) is 2.87. The molecular formula is C14H17F2N3S. The number of thioether (sulfide) groups is 1. The SMILES string of the molecule is CSc1ccc(CN(C)Cc2nccn2C(F)F)cc1. The van der Waals surface area contributed by atoms with Gasteiger partial charge in [0.05, 0.1) is 6.54 Å². The van der Waals surface area contributed by atoms with Crippen LogP contribution in [0, 0.1) is 0 Å². The molecule has 3 nitrogen and oxygen atoms in total. The van der Waals surface area contributed by atoms with E-state index in [1.165, 1.54) is 17.3 Å². The molecule has 0 fully saturated rings. The fourth-order valence-corrected chi connectivity index (χ4v) is 2.39. The number of nitrogens with zero attached hydrogens (tertiary/aromatic N) is 3. The molecule has 0 spiro atoms. The predicted molar refractivity (Wildman–Crippen MR) is 76.9 cm³/mol. The third kappa shape index (κ3) is 3.80. The van der Waals surface area contributed by atoms with Gasteiger partial charge in [0.25, 0.3) is 0 Å². The van der Waals surface area contributed by atoms with Crippen molar-refractivity contribution in [3.8, 4) is 0 Å². The first-order valence-electron chi connectivity index (χ1n) is 6.21. The Morgan fingerprint density at radius 2 is 1.95 bits per heavy atom. The van der Waals surface area contributed by atoms with Crippen molar-refractivity contribution in [2.24, 2.45) is 0 Å². The van der Waals surface area contributed by atoms with E-state index >= 15 is 0 Å². The highest BCUT2D eigenvalue weighted by atomic mass is 32.2. The molecule has 1 aromatic carbocycles. The summed E-state index contributed by atoms with van der Waals surface area (Å²) in [6.45, 7) is -1.45. The molecule has 0 aliphatic carbocycles. The predicted octanol–water partition coefficient (Wildman–Crippen LogP) is 3.63. The van der Waals surface area contributed by atoms with Crippen molar-refractivity contribution in [3.05, 3.63) is 48.0 Å². The van der Waals surface area contributed by atoms with Crippen LogP contribution in [0.15, 0.2) is 41.6 Å². The van der Waals surface area contributed by atoms with Gasteiger partial charge in [0, 0.05) is 23.8 Å². The normalized spacial score (nSPS) is 11.5. The van der Waals surface area contributed by atoms with Crippen LogP contribution in [-0.4, -0.2) is 27.8 Å². The Labute approximate surface area is 121 Å². The van der Waals surface area contributed by atoms with E-state index in [-0.39, 0.29) is 0 Å². The average molecular weight is 297 g/mol. The summed E-state index contributed by atoms with van der Waals surface area (Å²) in [6.07, 6.45) is 4.75. The number of alkyl halides is 2. The minimum absolute atomic E-state index is 0.378. The molecule has 0 N–H and O–H groups in total. The van der Waals surface area contributed by atoms with Gasteiger partial charge >= 0.3 is 6.55 Å². The molecule has 108 valence electrons. The number of imidazole rings is 1. The van der Waals surface area contributed by atoms with Gasteiger partial charge in [-0.25, -0.2) is 4.98 Å². The summed E-state index contributed by atoms with van der Waals surface area (Å²) in [7, 11) is 1.90. The monoisotopic (exact) mass is 297 g/mol. The summed E-state index contributed by atoms with van der Waals surface area (Å²) in [5, 5.41) is 0. The summed E-state index contributed by atoms with van der Waals surface area (Å²) in [6, 6.07) is 8.24. The maximum absolute atomic E-state index is 12.7. The van der Waals surface area contributed by atoms with Crippen molar-refractivity contribution < 1.29 is 8.78 Å². The molecule has 0 bridgehead atoms. The Balaban J connectivity index is 1.97. The molecule has 1 aromatic heterocycles. The minimum Gasteiger partial charge on any atom is -0.295 e. The van der Waals surface area contributed by atoms with Gasteiger partial charge in [-0.1, -0.05) is 12.1 Å². The van der Waals surface area contributed by atoms with Gasteiger partial charge in [-0.2, -0.15) is 8.78 Å². The third-order valence-corrected chi connectivity index (χ3v) is 3.73. The van der Waals surface area contributed by atoms with E-state index in [4.69, 9.17) is 0 Å². The van der Waals surface area contributed by atoms with Gasteiger partial charge < -0.3 is 0 Å². The third-order valence-electron chi connectivity index (χ3n) is 2.98. The Bertz CT molecular complexity index is 540. The fraction of sp³-hybridized carbons (Fsp3) is 0.357. The van der Waals surface area contributed by atoms with Crippen LogP contribution >= 0.6 is 11.8 Å². The summed E-state index contributed by atoms with van der Waals surface area (Å²) >= 11 is 1.70. The Kier molecular flexibility index (Phi) is 5.14. The topological polar surface area (TPSA) is 21.1 Å². The standard InChI is InChI=1S/C14H17F2N3S/c1-18(9-11-3-5-12(20-2)6-4-11)10-13-17-7-8-19(13)14(15)16/h3-8,14H,9-10H2,1-2H3. The van der Waals surface area contributed by atoms with Crippen molar-refractivity contribution in [1.82, 2.24) is 14.5 Å². The Morgan fingerprint density at radius 1 is 1.25 bits per heavy atom. The van der Waals surface area contributed by atoms with Crippen LogP contribution in [-0.2, 0) is 13.1 Å². The molecule has 0 unspecified atom stereocenters. The fourth-order valence-electron chi connectivity index (χ4n) is 1.98. The van der Waals surface area contributed by atoms with Crippen LogP contribution in [0.5, 0.6) is 0 Å². The summed E-state index contributed by atoms with van der Waals surface area (Å²) in [4.78, 5) is 7.16. The Morgan fingerprint density at radius 3 is 2.55 bits per heavy atom. The molecule has 0 aliphatic rings. The number of hydrogen-bond acceptors (Lipinski definition) is 3. The van der Waals surface area contributed by atoms with E-state index in [9.17, 15) is 8.78 Å². The minimum atomic E-state index is -2.54. The van der Waals surface area contributed by atoms with Crippen molar-refractivity contribution in [3.63, 3.8) is 0 Å². The van der Waals surface area contributed by atoms with Crippen LogP contribution in [0.4, 0.5) is 8.78 Å². The van der Waals surface area contributed by atoms with Gasteiger partial charge in [-0.05, 0) is 31.0 Å². The number of benzene rings is 1. The molecule has 0 amide bonds. The lowest BCUT2D eigenvalue weighted by Crippen LogP contribution is -2.20. The molecule has 0 aliphatic heterocycles. The van der Waals surface area contributed by atoms with Crippen molar-refractivity contribution in [2.75, 3.05) is 13.3 Å². The molecule has 2 aromatic rings. The van der Waals surface area contributed by atoms with Crippen LogP contribution < -0.4 is 0 Å². The highest BCUT2D eigenvalue weighted by Gasteiger charge is 2.13. The van der Waals surface area contributed by atoms with E-state index < -0.39 is 6.55 Å². The van der Waals surface area contributed by atoms with Crippen LogP contribution in [0.3, 0.4) is 0 Å². The van der Waals surface area contributed by atoms with Crippen LogP contribution in [0.2, 0.25) is 0 Å². The van der Waals surface area contributed by atoms with Gasteiger partial charge in [-0.3, -0.25) is 9.47 Å². The van der Waals surface area contributed by atoms with Crippen LogP contribution in [0.25, 0.3) is 0 Å². The molecule has 1 heterocycles. The lowest BCUT2D eigenvalue weighted by Gasteiger charge is -2.17. The van der Waals surface area contributed by atoms with Gasteiger partial charge in [0.1, 0.15) is 5.82 Å². The first-order valence-corrected chi connectivity index (χ1v) is 7.44. The summed E-state index contributed by atoms with van der Waals surface area (Å²) in [5.41, 5.74) is 1.15. The van der Waals surface area contributed by atoms with Crippen molar-refractivity contribution in [1.29, 1.82) is 0 Å². The summed E-state index contributed by atoms with van der Waals surface area (Å²) < 4.78 is 26.3. The van der Waals surface area contributed by atoms with Gasteiger partial charge in [0.2, 0.25) is 0 Å². The number of hydrogen-bond donors (Lipinski definition) is 0. The van der Waals surface area contributed by atoms with Gasteiger partial charge in [0.15, 0.2) is 0 Å². The molecule has 20 heavy (non-hydrogen) atoms.